The van der Waals surface area contributed by atoms with Gasteiger partial charge in [0.25, 0.3) is 0 Å². The molecule has 1 aliphatic rings. The van der Waals surface area contributed by atoms with Gasteiger partial charge in [-0.3, -0.25) is 0 Å². The van der Waals surface area contributed by atoms with E-state index in [1.54, 1.807) is 0 Å². The van der Waals surface area contributed by atoms with Gasteiger partial charge in [-0.1, -0.05) is 36.3 Å². The average Bonchev–Trinajstić information content (AvgIpc) is 2.87. The lowest BCUT2D eigenvalue weighted by molar-refractivity contribution is 0.319. The van der Waals surface area contributed by atoms with E-state index in [2.05, 4.69) is 39.7 Å². The third-order valence-corrected chi connectivity index (χ3v) is 3.18. The largest absolute Gasteiger partial charge is 0.338 e. The number of nitrogens with zero attached hydrogens (tertiary/aromatic N) is 2. The molecule has 0 aliphatic carbocycles. The first kappa shape index (κ1) is 10.5. The summed E-state index contributed by atoms with van der Waals surface area (Å²) in [6.07, 6.45) is 1.73. The molecule has 0 amide bonds. The maximum Gasteiger partial charge on any atom is 0.244 e. The summed E-state index contributed by atoms with van der Waals surface area (Å²) in [5, 5.41) is 7.37. The molecule has 0 spiro atoms. The summed E-state index contributed by atoms with van der Waals surface area (Å²) in [6.45, 7) is 2.89. The van der Waals surface area contributed by atoms with Crippen LogP contribution in [0.1, 0.15) is 35.8 Å². The molecule has 1 atom stereocenters. The van der Waals surface area contributed by atoms with Crippen LogP contribution < -0.4 is 5.32 Å². The molecule has 0 saturated carbocycles. The fourth-order valence-electron chi connectivity index (χ4n) is 2.18. The van der Waals surface area contributed by atoms with Crippen molar-refractivity contribution in [3.8, 4) is 0 Å². The van der Waals surface area contributed by atoms with Crippen molar-refractivity contribution < 1.29 is 4.52 Å². The van der Waals surface area contributed by atoms with Crippen LogP contribution in [-0.2, 0) is 19.4 Å². The minimum atomic E-state index is 0.151. The Hall–Kier alpha value is -1.68. The monoisotopic (exact) mass is 229 g/mol. The number of aromatic nitrogens is 2. The van der Waals surface area contributed by atoms with E-state index in [0.29, 0.717) is 5.89 Å². The van der Waals surface area contributed by atoms with Crippen LogP contribution >= 0.6 is 0 Å². The minimum absolute atomic E-state index is 0.151. The van der Waals surface area contributed by atoms with Crippen LogP contribution in [-0.4, -0.2) is 10.1 Å². The number of nitrogens with one attached hydrogen (secondary N) is 1. The molecule has 1 unspecified atom stereocenters. The van der Waals surface area contributed by atoms with Crippen molar-refractivity contribution in [2.75, 3.05) is 0 Å². The maximum absolute atomic E-state index is 5.29. The fraction of sp³-hybridized carbons (Fsp3) is 0.385. The molecule has 1 aliphatic heterocycles. The molecule has 1 N–H and O–H groups in total. The van der Waals surface area contributed by atoms with Crippen LogP contribution in [0.25, 0.3) is 0 Å². The summed E-state index contributed by atoms with van der Waals surface area (Å²) < 4.78 is 5.29. The van der Waals surface area contributed by atoms with Gasteiger partial charge in [0.05, 0.1) is 6.04 Å². The van der Waals surface area contributed by atoms with Crippen molar-refractivity contribution in [2.24, 2.45) is 0 Å². The maximum atomic E-state index is 5.29. The lowest BCUT2D eigenvalue weighted by atomic mass is 9.96. The molecule has 88 valence electrons. The molecule has 1 aromatic carbocycles. The van der Waals surface area contributed by atoms with Gasteiger partial charge in [0.2, 0.25) is 5.89 Å². The zero-order valence-electron chi connectivity index (χ0n) is 9.81. The third-order valence-electron chi connectivity index (χ3n) is 3.18. The standard InChI is InChI=1S/C13H15N3O/c1-2-12-15-13(17-16-12)11-7-9-5-3-4-6-10(9)8-14-11/h3-6,11,14H,2,7-8H2,1H3. The lowest BCUT2D eigenvalue weighted by Gasteiger charge is -2.23. The number of hydrogen-bond donors (Lipinski definition) is 1. The summed E-state index contributed by atoms with van der Waals surface area (Å²) in [7, 11) is 0. The Morgan fingerprint density at radius 3 is 2.94 bits per heavy atom. The lowest BCUT2D eigenvalue weighted by Crippen LogP contribution is -2.28. The smallest absolute Gasteiger partial charge is 0.244 e. The van der Waals surface area contributed by atoms with E-state index in [1.807, 2.05) is 6.92 Å². The zero-order chi connectivity index (χ0) is 11.7. The van der Waals surface area contributed by atoms with Crippen LogP contribution in [0.2, 0.25) is 0 Å². The molecule has 0 bridgehead atoms. The van der Waals surface area contributed by atoms with Gasteiger partial charge < -0.3 is 9.84 Å². The molecule has 0 radical (unpaired) electrons. The van der Waals surface area contributed by atoms with Gasteiger partial charge >= 0.3 is 0 Å². The zero-order valence-corrected chi connectivity index (χ0v) is 9.81. The second-order valence-corrected chi connectivity index (χ2v) is 4.31. The predicted octanol–water partition coefficient (Wildman–Crippen LogP) is 2.02. The minimum Gasteiger partial charge on any atom is -0.338 e. The summed E-state index contributed by atoms with van der Waals surface area (Å²) in [6, 6.07) is 8.62. The van der Waals surface area contributed by atoms with Crippen LogP contribution in [0.5, 0.6) is 0 Å². The van der Waals surface area contributed by atoms with Crippen molar-refractivity contribution in [3.05, 3.63) is 47.1 Å². The van der Waals surface area contributed by atoms with E-state index < -0.39 is 0 Å². The van der Waals surface area contributed by atoms with Crippen LogP contribution in [0.15, 0.2) is 28.8 Å². The van der Waals surface area contributed by atoms with Crippen molar-refractivity contribution in [1.82, 2.24) is 15.5 Å². The van der Waals surface area contributed by atoms with Gasteiger partial charge in [0.15, 0.2) is 5.82 Å². The summed E-state index contributed by atoms with van der Waals surface area (Å²) in [5.74, 6) is 1.48. The van der Waals surface area contributed by atoms with Gasteiger partial charge in [0.1, 0.15) is 0 Å². The van der Waals surface area contributed by atoms with Crippen LogP contribution in [0.3, 0.4) is 0 Å². The topological polar surface area (TPSA) is 51.0 Å². The summed E-state index contributed by atoms with van der Waals surface area (Å²) >= 11 is 0. The van der Waals surface area contributed by atoms with E-state index >= 15 is 0 Å². The number of hydrogen-bond acceptors (Lipinski definition) is 4. The summed E-state index contributed by atoms with van der Waals surface area (Å²) in [4.78, 5) is 4.39. The molecular formula is C13H15N3O. The Kier molecular flexibility index (Phi) is 2.65. The average molecular weight is 229 g/mol. The number of rotatable bonds is 2. The highest BCUT2D eigenvalue weighted by molar-refractivity contribution is 5.30. The third kappa shape index (κ3) is 1.96. The highest BCUT2D eigenvalue weighted by Gasteiger charge is 2.23. The molecule has 4 nitrogen and oxygen atoms in total. The Bertz CT molecular complexity index is 521. The van der Waals surface area contributed by atoms with Crippen molar-refractivity contribution in [2.45, 2.75) is 32.4 Å². The molecule has 2 aromatic rings. The van der Waals surface area contributed by atoms with Gasteiger partial charge in [-0.15, -0.1) is 0 Å². The van der Waals surface area contributed by atoms with E-state index in [9.17, 15) is 0 Å². The van der Waals surface area contributed by atoms with Gasteiger partial charge in [0, 0.05) is 13.0 Å². The second kappa shape index (κ2) is 4.30. The Morgan fingerprint density at radius 2 is 2.18 bits per heavy atom. The second-order valence-electron chi connectivity index (χ2n) is 4.31. The van der Waals surface area contributed by atoms with Gasteiger partial charge in [-0.2, -0.15) is 4.98 Å². The number of fused-ring (bicyclic) bond motifs is 1. The van der Waals surface area contributed by atoms with Crippen LogP contribution in [0.4, 0.5) is 0 Å². The first-order chi connectivity index (χ1) is 8.36. The highest BCUT2D eigenvalue weighted by atomic mass is 16.5. The SMILES string of the molecule is CCc1noc(C2Cc3ccccc3CN2)n1. The molecule has 2 heterocycles. The van der Waals surface area contributed by atoms with Gasteiger partial charge in [-0.25, -0.2) is 0 Å². The Labute approximate surface area is 100 Å². The number of aryl methyl sites for hydroxylation is 1. The first-order valence-electron chi connectivity index (χ1n) is 5.99. The van der Waals surface area contributed by atoms with Crippen molar-refractivity contribution in [1.29, 1.82) is 0 Å². The predicted molar refractivity (Wildman–Crippen MR) is 63.4 cm³/mol. The molecular weight excluding hydrogens is 214 g/mol. The molecule has 1 aromatic heterocycles. The molecule has 17 heavy (non-hydrogen) atoms. The van der Waals surface area contributed by atoms with Crippen molar-refractivity contribution >= 4 is 0 Å². The Morgan fingerprint density at radius 1 is 1.35 bits per heavy atom. The molecule has 0 fully saturated rings. The van der Waals surface area contributed by atoms with E-state index in [-0.39, 0.29) is 6.04 Å². The molecule has 0 saturated heterocycles. The Balaban J connectivity index is 1.84. The molecule has 3 rings (SSSR count). The number of benzene rings is 1. The van der Waals surface area contributed by atoms with E-state index in [4.69, 9.17) is 4.52 Å². The van der Waals surface area contributed by atoms with Crippen LogP contribution in [0, 0.1) is 0 Å². The van der Waals surface area contributed by atoms with E-state index in [0.717, 1.165) is 25.2 Å². The van der Waals surface area contributed by atoms with Crippen molar-refractivity contribution in [3.63, 3.8) is 0 Å². The molecule has 4 heteroatoms. The fourth-order valence-corrected chi connectivity index (χ4v) is 2.18. The summed E-state index contributed by atoms with van der Waals surface area (Å²) in [5.41, 5.74) is 2.73. The van der Waals surface area contributed by atoms with E-state index in [1.165, 1.54) is 11.1 Å². The quantitative estimate of drug-likeness (QED) is 0.856. The first-order valence-corrected chi connectivity index (χ1v) is 5.99. The normalized spacial score (nSPS) is 19.0. The highest BCUT2D eigenvalue weighted by Crippen LogP contribution is 2.24. The van der Waals surface area contributed by atoms with Gasteiger partial charge in [-0.05, 0) is 17.5 Å².